The lowest BCUT2D eigenvalue weighted by molar-refractivity contribution is 0.223. The highest BCUT2D eigenvalue weighted by Gasteiger charge is 2.16. The molecule has 0 bridgehead atoms. The van der Waals surface area contributed by atoms with Crippen LogP contribution in [0.25, 0.3) is 10.6 Å². The zero-order valence-electron chi connectivity index (χ0n) is 14.6. The molecular formula is C20H20N4OS. The number of nitrogens with one attached hydrogen (secondary N) is 1. The molecule has 4 aromatic heterocycles. The van der Waals surface area contributed by atoms with Gasteiger partial charge in [-0.1, -0.05) is 12.1 Å². The maximum absolute atomic E-state index is 5.79. The van der Waals surface area contributed by atoms with Gasteiger partial charge in [0.05, 0.1) is 29.0 Å². The van der Waals surface area contributed by atoms with Crippen LogP contribution in [0.5, 0.6) is 0 Å². The van der Waals surface area contributed by atoms with Gasteiger partial charge in [0.2, 0.25) is 0 Å². The number of nitrogens with zero attached hydrogens (tertiary/aromatic N) is 3. The SMILES string of the molecule is Cc1ccc(CN(Cc2ccccn2)Cc2cn[nH]c2-c2cccs2)o1. The number of aromatic nitrogens is 3. The zero-order valence-corrected chi connectivity index (χ0v) is 15.4. The highest BCUT2D eigenvalue weighted by Crippen LogP contribution is 2.27. The van der Waals surface area contributed by atoms with Crippen LogP contribution in [0.4, 0.5) is 0 Å². The number of aryl methyl sites for hydroxylation is 1. The molecule has 6 heteroatoms. The Bertz CT molecular complexity index is 943. The summed E-state index contributed by atoms with van der Waals surface area (Å²) in [6, 6.07) is 14.2. The highest BCUT2D eigenvalue weighted by atomic mass is 32.1. The summed E-state index contributed by atoms with van der Waals surface area (Å²) >= 11 is 1.71. The van der Waals surface area contributed by atoms with Crippen molar-refractivity contribution in [2.45, 2.75) is 26.6 Å². The van der Waals surface area contributed by atoms with Crippen molar-refractivity contribution in [2.75, 3.05) is 0 Å². The van der Waals surface area contributed by atoms with Gasteiger partial charge >= 0.3 is 0 Å². The molecule has 0 aliphatic heterocycles. The Morgan fingerprint density at radius 3 is 2.77 bits per heavy atom. The fraction of sp³-hybridized carbons (Fsp3) is 0.200. The molecule has 0 spiro atoms. The van der Waals surface area contributed by atoms with Crippen LogP contribution in [-0.2, 0) is 19.6 Å². The van der Waals surface area contributed by atoms with E-state index in [1.54, 1.807) is 11.3 Å². The first kappa shape index (κ1) is 16.8. The zero-order chi connectivity index (χ0) is 17.8. The van der Waals surface area contributed by atoms with Crippen LogP contribution in [0.3, 0.4) is 0 Å². The van der Waals surface area contributed by atoms with E-state index in [9.17, 15) is 0 Å². The maximum Gasteiger partial charge on any atom is 0.118 e. The summed E-state index contributed by atoms with van der Waals surface area (Å²) in [7, 11) is 0. The monoisotopic (exact) mass is 364 g/mol. The summed E-state index contributed by atoms with van der Waals surface area (Å²) < 4.78 is 5.79. The van der Waals surface area contributed by atoms with Crippen molar-refractivity contribution in [1.82, 2.24) is 20.1 Å². The van der Waals surface area contributed by atoms with Gasteiger partial charge in [0.1, 0.15) is 11.5 Å². The predicted molar refractivity (Wildman–Crippen MR) is 103 cm³/mol. The Morgan fingerprint density at radius 2 is 2.04 bits per heavy atom. The molecule has 4 rings (SSSR count). The summed E-state index contributed by atoms with van der Waals surface area (Å²) in [6.45, 7) is 4.20. The third-order valence-electron chi connectivity index (χ3n) is 4.17. The van der Waals surface area contributed by atoms with Crippen LogP contribution >= 0.6 is 11.3 Å². The first-order chi connectivity index (χ1) is 12.8. The summed E-state index contributed by atoms with van der Waals surface area (Å²) in [4.78, 5) is 7.99. The van der Waals surface area contributed by atoms with Crippen molar-refractivity contribution in [3.8, 4) is 10.6 Å². The fourth-order valence-corrected chi connectivity index (χ4v) is 3.74. The molecule has 0 saturated heterocycles. The molecule has 0 radical (unpaired) electrons. The fourth-order valence-electron chi connectivity index (χ4n) is 2.98. The van der Waals surface area contributed by atoms with E-state index in [0.29, 0.717) is 0 Å². The first-order valence-electron chi connectivity index (χ1n) is 8.51. The largest absolute Gasteiger partial charge is 0.465 e. The van der Waals surface area contributed by atoms with Crippen molar-refractivity contribution < 1.29 is 4.42 Å². The topological polar surface area (TPSA) is 58.0 Å². The minimum absolute atomic E-state index is 0.722. The second kappa shape index (κ2) is 7.68. The Labute approximate surface area is 156 Å². The number of hydrogen-bond acceptors (Lipinski definition) is 5. The van der Waals surface area contributed by atoms with Crippen LogP contribution < -0.4 is 0 Å². The van der Waals surface area contributed by atoms with E-state index >= 15 is 0 Å². The Balaban J connectivity index is 1.57. The molecule has 1 N–H and O–H groups in total. The van der Waals surface area contributed by atoms with E-state index in [4.69, 9.17) is 4.42 Å². The Morgan fingerprint density at radius 1 is 1.08 bits per heavy atom. The second-order valence-electron chi connectivity index (χ2n) is 6.23. The smallest absolute Gasteiger partial charge is 0.118 e. The maximum atomic E-state index is 5.79. The van der Waals surface area contributed by atoms with Gasteiger partial charge in [-0.3, -0.25) is 15.0 Å². The second-order valence-corrected chi connectivity index (χ2v) is 7.17. The average molecular weight is 364 g/mol. The number of rotatable bonds is 7. The number of pyridine rings is 1. The number of aromatic amines is 1. The third kappa shape index (κ3) is 3.92. The quantitative estimate of drug-likeness (QED) is 0.519. The highest BCUT2D eigenvalue weighted by molar-refractivity contribution is 7.13. The van der Waals surface area contributed by atoms with Crippen molar-refractivity contribution in [3.63, 3.8) is 0 Å². The standard InChI is InChI=1S/C20H20N4OS/c1-15-7-8-18(25-15)14-24(13-17-5-2-3-9-21-17)12-16-11-22-23-20(16)19-6-4-10-26-19/h2-11H,12-14H2,1H3,(H,22,23). The van der Waals surface area contributed by atoms with Crippen LogP contribution in [-0.4, -0.2) is 20.1 Å². The summed E-state index contributed by atoms with van der Waals surface area (Å²) in [5.74, 6) is 1.89. The van der Waals surface area contributed by atoms with Gasteiger partial charge in [0, 0.05) is 24.8 Å². The minimum atomic E-state index is 0.722. The van der Waals surface area contributed by atoms with E-state index in [1.807, 2.05) is 43.6 Å². The molecule has 0 saturated carbocycles. The van der Waals surface area contributed by atoms with Crippen molar-refractivity contribution in [1.29, 1.82) is 0 Å². The molecule has 0 aromatic carbocycles. The van der Waals surface area contributed by atoms with Crippen LogP contribution in [0.2, 0.25) is 0 Å². The van der Waals surface area contributed by atoms with Gasteiger partial charge < -0.3 is 4.42 Å². The Kier molecular flexibility index (Phi) is 4.95. The van der Waals surface area contributed by atoms with Crippen molar-refractivity contribution >= 4 is 11.3 Å². The number of H-pyrrole nitrogens is 1. The number of hydrogen-bond donors (Lipinski definition) is 1. The molecule has 5 nitrogen and oxygen atoms in total. The lowest BCUT2D eigenvalue weighted by Crippen LogP contribution is -2.22. The molecule has 0 atom stereocenters. The summed E-state index contributed by atoms with van der Waals surface area (Å²) in [5, 5.41) is 9.49. The van der Waals surface area contributed by atoms with E-state index in [2.05, 4.69) is 43.7 Å². The third-order valence-corrected chi connectivity index (χ3v) is 5.05. The molecule has 0 unspecified atom stereocenters. The van der Waals surface area contributed by atoms with E-state index in [-0.39, 0.29) is 0 Å². The van der Waals surface area contributed by atoms with Crippen LogP contribution in [0, 0.1) is 6.92 Å². The Hall–Kier alpha value is -2.70. The molecule has 26 heavy (non-hydrogen) atoms. The van der Waals surface area contributed by atoms with Crippen molar-refractivity contribution in [3.05, 3.63) is 83.0 Å². The van der Waals surface area contributed by atoms with Crippen LogP contribution in [0.15, 0.2) is 64.7 Å². The molecular weight excluding hydrogens is 344 g/mol. The van der Waals surface area contributed by atoms with E-state index in [1.165, 1.54) is 10.4 Å². The molecule has 4 heterocycles. The minimum Gasteiger partial charge on any atom is -0.465 e. The van der Waals surface area contributed by atoms with Gasteiger partial charge in [-0.2, -0.15) is 5.10 Å². The lowest BCUT2D eigenvalue weighted by Gasteiger charge is -2.21. The van der Waals surface area contributed by atoms with E-state index in [0.717, 1.165) is 42.5 Å². The normalized spacial score (nSPS) is 11.3. The molecule has 0 aliphatic rings. The van der Waals surface area contributed by atoms with E-state index < -0.39 is 0 Å². The molecule has 0 fully saturated rings. The van der Waals surface area contributed by atoms with Gasteiger partial charge in [0.25, 0.3) is 0 Å². The lowest BCUT2D eigenvalue weighted by atomic mass is 10.2. The molecule has 0 aliphatic carbocycles. The summed E-state index contributed by atoms with van der Waals surface area (Å²) in [6.07, 6.45) is 3.74. The summed E-state index contributed by atoms with van der Waals surface area (Å²) in [5.41, 5.74) is 3.30. The number of furan rings is 1. The molecule has 132 valence electrons. The van der Waals surface area contributed by atoms with Crippen molar-refractivity contribution in [2.24, 2.45) is 0 Å². The van der Waals surface area contributed by atoms with Gasteiger partial charge in [-0.25, -0.2) is 0 Å². The number of thiophene rings is 1. The molecule has 0 amide bonds. The van der Waals surface area contributed by atoms with Crippen LogP contribution in [0.1, 0.15) is 22.8 Å². The first-order valence-corrected chi connectivity index (χ1v) is 9.39. The van der Waals surface area contributed by atoms with Gasteiger partial charge in [-0.05, 0) is 42.6 Å². The van der Waals surface area contributed by atoms with Gasteiger partial charge in [-0.15, -0.1) is 11.3 Å². The van der Waals surface area contributed by atoms with Gasteiger partial charge in [0.15, 0.2) is 0 Å². The molecule has 4 aromatic rings. The predicted octanol–water partition coefficient (Wildman–Crippen LogP) is 4.64. The average Bonchev–Trinajstić information content (AvgIpc) is 3.38.